The molecule has 3 amide bonds. The van der Waals surface area contributed by atoms with Crippen LogP contribution in [0.3, 0.4) is 0 Å². The topological polar surface area (TPSA) is 70.1 Å². The van der Waals surface area contributed by atoms with Crippen molar-refractivity contribution in [3.63, 3.8) is 0 Å². The first-order chi connectivity index (χ1) is 15.8. The summed E-state index contributed by atoms with van der Waals surface area (Å²) < 4.78 is 0. The van der Waals surface area contributed by atoms with Gasteiger partial charge in [0, 0.05) is 30.3 Å². The summed E-state index contributed by atoms with van der Waals surface area (Å²) >= 11 is 0. The molecule has 3 rings (SSSR count). The Hall–Kier alpha value is -3.12. The Morgan fingerprint density at radius 1 is 1.06 bits per heavy atom. The molecule has 182 valence electrons. The van der Waals surface area contributed by atoms with Crippen LogP contribution >= 0.6 is 0 Å². The molecule has 6 nitrogen and oxygen atoms in total. The van der Waals surface area contributed by atoms with Crippen molar-refractivity contribution in [2.24, 2.45) is 0 Å². The van der Waals surface area contributed by atoms with Crippen LogP contribution in [0.15, 0.2) is 48.0 Å². The van der Waals surface area contributed by atoms with Crippen LogP contribution in [-0.2, 0) is 27.1 Å². The smallest absolute Gasteiger partial charge is 0.350 e. The average molecular weight is 465 g/mol. The van der Waals surface area contributed by atoms with Gasteiger partial charge in [0.2, 0.25) is 0 Å². The third kappa shape index (κ3) is 5.68. The number of amides is 3. The van der Waals surface area contributed by atoms with Crippen LogP contribution in [0.2, 0.25) is 0 Å². The Morgan fingerprint density at radius 2 is 1.62 bits per heavy atom. The second kappa shape index (κ2) is 9.63. The largest absolute Gasteiger partial charge is 0.507 e. The number of phenolic OH excluding ortho intramolecular Hbond substituents is 1. The van der Waals surface area contributed by atoms with Gasteiger partial charge in [-0.25, -0.2) is 9.86 Å². The number of hydroxylamine groups is 2. The highest BCUT2D eigenvalue weighted by atomic mass is 16.7. The number of nitrogens with zero attached hydrogens (tertiary/aromatic N) is 2. The molecule has 1 fully saturated rings. The number of rotatable bonds is 4. The van der Waals surface area contributed by atoms with Crippen LogP contribution in [0.25, 0.3) is 6.08 Å². The molecule has 1 aliphatic heterocycles. The van der Waals surface area contributed by atoms with Crippen molar-refractivity contribution in [2.75, 3.05) is 13.6 Å². The van der Waals surface area contributed by atoms with Gasteiger partial charge in [0.25, 0.3) is 5.91 Å². The van der Waals surface area contributed by atoms with Gasteiger partial charge in [0.15, 0.2) is 0 Å². The predicted octanol–water partition coefficient (Wildman–Crippen LogP) is 5.79. The van der Waals surface area contributed by atoms with E-state index in [9.17, 15) is 14.7 Å². The van der Waals surface area contributed by atoms with Gasteiger partial charge in [-0.3, -0.25) is 14.5 Å². The fourth-order valence-electron chi connectivity index (χ4n) is 3.99. The molecule has 0 unspecified atom stereocenters. The van der Waals surface area contributed by atoms with E-state index in [1.807, 2.05) is 48.5 Å². The molecular weight excluding hydrogens is 428 g/mol. The van der Waals surface area contributed by atoms with Crippen LogP contribution in [0.5, 0.6) is 5.75 Å². The molecular formula is C28H36N2O4. The molecule has 0 atom stereocenters. The number of hydrogen-bond donors (Lipinski definition) is 1. The fraction of sp³-hybridized carbons (Fsp3) is 0.429. The quantitative estimate of drug-likeness (QED) is 0.459. The standard InChI is InChI=1S/C28H36N2O4/c1-27(2,3)22-16-20(17-23(24(22)31)28(4,5)6)15-21-13-14-30(25(21)32)26(33)29(7)34-18-19-11-9-8-10-12-19/h8-12,15-17,31H,13-14,18H2,1-7H3. The van der Waals surface area contributed by atoms with Crippen molar-refractivity contribution in [3.05, 3.63) is 70.3 Å². The van der Waals surface area contributed by atoms with Gasteiger partial charge >= 0.3 is 6.03 Å². The van der Waals surface area contributed by atoms with Crippen LogP contribution < -0.4 is 0 Å². The van der Waals surface area contributed by atoms with Crippen molar-refractivity contribution in [1.29, 1.82) is 0 Å². The lowest BCUT2D eigenvalue weighted by molar-refractivity contribution is -0.133. The maximum atomic E-state index is 13.1. The van der Waals surface area contributed by atoms with Gasteiger partial charge in [-0.15, -0.1) is 0 Å². The molecule has 34 heavy (non-hydrogen) atoms. The summed E-state index contributed by atoms with van der Waals surface area (Å²) in [5.74, 6) is -0.0169. The average Bonchev–Trinajstić information content (AvgIpc) is 3.11. The molecule has 0 saturated carbocycles. The van der Waals surface area contributed by atoms with Crippen LogP contribution in [-0.4, -0.2) is 40.6 Å². The molecule has 2 aromatic carbocycles. The van der Waals surface area contributed by atoms with E-state index >= 15 is 0 Å². The normalized spacial score (nSPS) is 15.8. The SMILES string of the molecule is CN(OCc1ccccc1)C(=O)N1CCC(=Cc2cc(C(C)(C)C)c(O)c(C(C)(C)C)c2)C1=O. The fourth-order valence-corrected chi connectivity index (χ4v) is 3.99. The predicted molar refractivity (Wildman–Crippen MR) is 134 cm³/mol. The zero-order valence-corrected chi connectivity index (χ0v) is 21.3. The Labute approximate surface area is 202 Å². The number of aromatic hydroxyl groups is 1. The maximum absolute atomic E-state index is 13.1. The number of likely N-dealkylation sites (tertiary alicyclic amines) is 1. The zero-order valence-electron chi connectivity index (χ0n) is 21.3. The van der Waals surface area contributed by atoms with Crippen molar-refractivity contribution < 1.29 is 19.5 Å². The van der Waals surface area contributed by atoms with Gasteiger partial charge < -0.3 is 5.11 Å². The van der Waals surface area contributed by atoms with Gasteiger partial charge in [-0.1, -0.05) is 71.9 Å². The van der Waals surface area contributed by atoms with Crippen molar-refractivity contribution in [2.45, 2.75) is 65.4 Å². The molecule has 1 aliphatic rings. The molecule has 1 N–H and O–H groups in total. The second-order valence-electron chi connectivity index (χ2n) is 10.9. The maximum Gasteiger partial charge on any atom is 0.350 e. The summed E-state index contributed by atoms with van der Waals surface area (Å²) in [6.07, 6.45) is 2.30. The highest BCUT2D eigenvalue weighted by molar-refractivity contribution is 6.08. The molecule has 0 radical (unpaired) electrons. The summed E-state index contributed by atoms with van der Waals surface area (Å²) in [5.41, 5.74) is 3.48. The van der Waals surface area contributed by atoms with E-state index in [2.05, 4.69) is 41.5 Å². The number of benzene rings is 2. The van der Waals surface area contributed by atoms with Crippen LogP contribution in [0, 0.1) is 0 Å². The van der Waals surface area contributed by atoms with Gasteiger partial charge in [0.05, 0.1) is 0 Å². The lowest BCUT2D eigenvalue weighted by atomic mass is 9.78. The second-order valence-corrected chi connectivity index (χ2v) is 10.9. The lowest BCUT2D eigenvalue weighted by Crippen LogP contribution is -2.41. The first-order valence-corrected chi connectivity index (χ1v) is 11.6. The lowest BCUT2D eigenvalue weighted by Gasteiger charge is -2.28. The molecule has 1 saturated heterocycles. The Morgan fingerprint density at radius 3 is 2.15 bits per heavy atom. The van der Waals surface area contributed by atoms with E-state index in [0.717, 1.165) is 27.3 Å². The third-order valence-electron chi connectivity index (χ3n) is 5.98. The van der Waals surface area contributed by atoms with E-state index in [-0.39, 0.29) is 23.3 Å². The molecule has 0 aliphatic carbocycles. The first kappa shape index (κ1) is 25.5. The van der Waals surface area contributed by atoms with Crippen molar-refractivity contribution in [3.8, 4) is 5.75 Å². The van der Waals surface area contributed by atoms with E-state index < -0.39 is 6.03 Å². The van der Waals surface area contributed by atoms with E-state index in [4.69, 9.17) is 4.84 Å². The first-order valence-electron chi connectivity index (χ1n) is 11.6. The third-order valence-corrected chi connectivity index (χ3v) is 5.98. The molecule has 1 heterocycles. The van der Waals surface area contributed by atoms with E-state index in [0.29, 0.717) is 24.3 Å². The van der Waals surface area contributed by atoms with Crippen LogP contribution in [0.1, 0.15) is 70.2 Å². The number of hydrogen-bond acceptors (Lipinski definition) is 4. The monoisotopic (exact) mass is 464 g/mol. The number of carbonyl (C=O) groups is 2. The number of carbonyl (C=O) groups excluding carboxylic acids is 2. The number of urea groups is 1. The Kier molecular flexibility index (Phi) is 7.22. The highest BCUT2D eigenvalue weighted by Crippen LogP contribution is 2.40. The molecule has 6 heteroatoms. The summed E-state index contributed by atoms with van der Waals surface area (Å²) in [6.45, 7) is 12.9. The van der Waals surface area contributed by atoms with E-state index in [1.165, 1.54) is 11.9 Å². The van der Waals surface area contributed by atoms with E-state index in [1.54, 1.807) is 0 Å². The molecule has 0 bridgehead atoms. The Bertz CT molecular complexity index is 1060. The minimum atomic E-state index is -0.485. The zero-order chi connectivity index (χ0) is 25.3. The van der Waals surface area contributed by atoms with Crippen LogP contribution in [0.4, 0.5) is 4.79 Å². The summed E-state index contributed by atoms with van der Waals surface area (Å²) in [5, 5.41) is 12.1. The minimum Gasteiger partial charge on any atom is -0.507 e. The van der Waals surface area contributed by atoms with Crippen molar-refractivity contribution >= 4 is 18.0 Å². The number of phenols is 1. The molecule has 2 aromatic rings. The Balaban J connectivity index is 1.81. The van der Waals surface area contributed by atoms with Crippen molar-refractivity contribution in [1.82, 2.24) is 9.96 Å². The highest BCUT2D eigenvalue weighted by Gasteiger charge is 2.34. The molecule has 0 spiro atoms. The summed E-state index contributed by atoms with van der Waals surface area (Å²) in [7, 11) is 1.52. The summed E-state index contributed by atoms with van der Waals surface area (Å²) in [4.78, 5) is 32.7. The summed E-state index contributed by atoms with van der Waals surface area (Å²) in [6, 6.07) is 12.9. The number of imide groups is 1. The molecule has 0 aromatic heterocycles. The minimum absolute atomic E-state index is 0.243. The van der Waals surface area contributed by atoms with Gasteiger partial charge in [-0.2, -0.15) is 0 Å². The van der Waals surface area contributed by atoms with Gasteiger partial charge in [-0.05, 0) is 46.6 Å². The van der Waals surface area contributed by atoms with Gasteiger partial charge in [0.1, 0.15) is 12.4 Å².